The number of aromatic nitrogens is 2. The number of carbonyl (C=O) groups excluding carboxylic acids is 2. The third kappa shape index (κ3) is 4.17. The summed E-state index contributed by atoms with van der Waals surface area (Å²) >= 11 is 0. The molecule has 9 heteroatoms. The lowest BCUT2D eigenvalue weighted by Crippen LogP contribution is -2.30. The van der Waals surface area contributed by atoms with Crippen molar-refractivity contribution in [2.24, 2.45) is 7.05 Å². The summed E-state index contributed by atoms with van der Waals surface area (Å²) in [6.07, 6.45) is 0. The van der Waals surface area contributed by atoms with Gasteiger partial charge < -0.3 is 5.32 Å². The Morgan fingerprint density at radius 2 is 1.69 bits per heavy atom. The average Bonchev–Trinajstić information content (AvgIpc) is 2.78. The van der Waals surface area contributed by atoms with Crippen molar-refractivity contribution in [3.63, 3.8) is 0 Å². The standard InChI is InChI=1S/C17H22N4O4S/c1-10(2)20-26(24,25)14-8-6-13(7-9-14)18-17(23)16(22)15-11(3)19-21(5)12(15)4/h6-10,20H,1-5H3,(H,18,23). The molecule has 2 aromatic rings. The maximum Gasteiger partial charge on any atom is 0.296 e. The highest BCUT2D eigenvalue weighted by atomic mass is 32.2. The number of benzene rings is 1. The second-order valence-electron chi connectivity index (χ2n) is 6.25. The summed E-state index contributed by atoms with van der Waals surface area (Å²) in [6, 6.07) is 5.37. The van der Waals surface area contributed by atoms with Gasteiger partial charge in [-0.15, -0.1) is 0 Å². The molecule has 0 saturated heterocycles. The fourth-order valence-corrected chi connectivity index (χ4v) is 3.75. The van der Waals surface area contributed by atoms with E-state index in [1.165, 1.54) is 28.9 Å². The summed E-state index contributed by atoms with van der Waals surface area (Å²) in [5.41, 5.74) is 1.67. The molecule has 0 bridgehead atoms. The van der Waals surface area contributed by atoms with E-state index in [0.29, 0.717) is 17.1 Å². The van der Waals surface area contributed by atoms with Gasteiger partial charge in [-0.2, -0.15) is 5.10 Å². The predicted octanol–water partition coefficient (Wildman–Crippen LogP) is 1.55. The fraction of sp³-hybridized carbons (Fsp3) is 0.353. The number of nitrogens with one attached hydrogen (secondary N) is 2. The fourth-order valence-electron chi connectivity index (χ4n) is 2.50. The summed E-state index contributed by atoms with van der Waals surface area (Å²) in [7, 11) is -1.92. The quantitative estimate of drug-likeness (QED) is 0.585. The van der Waals surface area contributed by atoms with Crippen molar-refractivity contribution in [3.8, 4) is 0 Å². The van der Waals surface area contributed by atoms with Crippen LogP contribution in [0.1, 0.15) is 35.6 Å². The molecule has 0 spiro atoms. The predicted molar refractivity (Wildman–Crippen MR) is 97.5 cm³/mol. The van der Waals surface area contributed by atoms with Crippen molar-refractivity contribution < 1.29 is 18.0 Å². The molecule has 1 aromatic heterocycles. The van der Waals surface area contributed by atoms with Crippen molar-refractivity contribution >= 4 is 27.4 Å². The maximum absolute atomic E-state index is 12.4. The Morgan fingerprint density at radius 3 is 2.15 bits per heavy atom. The molecular weight excluding hydrogens is 356 g/mol. The maximum atomic E-state index is 12.4. The molecule has 1 heterocycles. The SMILES string of the molecule is Cc1nn(C)c(C)c1C(=O)C(=O)Nc1ccc(S(=O)(=O)NC(C)C)cc1. The molecule has 2 N–H and O–H groups in total. The molecule has 0 atom stereocenters. The number of ketones is 1. The van der Waals surface area contributed by atoms with E-state index >= 15 is 0 Å². The van der Waals surface area contributed by atoms with Crippen LogP contribution in [-0.2, 0) is 21.9 Å². The molecule has 1 amide bonds. The molecule has 8 nitrogen and oxygen atoms in total. The first-order valence-corrected chi connectivity index (χ1v) is 9.49. The molecular formula is C17H22N4O4S. The minimum atomic E-state index is -3.61. The van der Waals surface area contributed by atoms with E-state index in [4.69, 9.17) is 0 Å². The third-order valence-electron chi connectivity index (χ3n) is 3.76. The summed E-state index contributed by atoms with van der Waals surface area (Å²) in [5.74, 6) is -1.49. The number of carbonyl (C=O) groups is 2. The lowest BCUT2D eigenvalue weighted by Gasteiger charge is -2.10. The summed E-state index contributed by atoms with van der Waals surface area (Å²) < 4.78 is 28.2. The number of sulfonamides is 1. The minimum absolute atomic E-state index is 0.0782. The van der Waals surface area contributed by atoms with Gasteiger partial charge in [0.15, 0.2) is 0 Å². The smallest absolute Gasteiger partial charge is 0.296 e. The Morgan fingerprint density at radius 1 is 1.12 bits per heavy atom. The van der Waals surface area contributed by atoms with Crippen molar-refractivity contribution in [2.75, 3.05) is 5.32 Å². The van der Waals surface area contributed by atoms with Crippen molar-refractivity contribution in [1.82, 2.24) is 14.5 Å². The van der Waals surface area contributed by atoms with Gasteiger partial charge in [-0.05, 0) is 52.0 Å². The van der Waals surface area contributed by atoms with E-state index in [0.717, 1.165) is 0 Å². The van der Waals surface area contributed by atoms with Crippen LogP contribution in [0.4, 0.5) is 5.69 Å². The molecule has 0 aliphatic heterocycles. The Hall–Kier alpha value is -2.52. The number of hydrogen-bond acceptors (Lipinski definition) is 5. The number of Topliss-reactive ketones (excluding diaryl/α,β-unsaturated/α-hetero) is 1. The zero-order valence-corrected chi connectivity index (χ0v) is 16.1. The van der Waals surface area contributed by atoms with Crippen LogP contribution >= 0.6 is 0 Å². The number of amides is 1. The molecule has 26 heavy (non-hydrogen) atoms. The van der Waals surface area contributed by atoms with Crippen LogP contribution in [0.15, 0.2) is 29.2 Å². The van der Waals surface area contributed by atoms with Crippen LogP contribution in [0.2, 0.25) is 0 Å². The third-order valence-corrected chi connectivity index (χ3v) is 5.43. The van der Waals surface area contributed by atoms with E-state index in [9.17, 15) is 18.0 Å². The van der Waals surface area contributed by atoms with Gasteiger partial charge in [0, 0.05) is 24.5 Å². The highest BCUT2D eigenvalue weighted by Crippen LogP contribution is 2.17. The summed E-state index contributed by atoms with van der Waals surface area (Å²) in [4.78, 5) is 24.7. The van der Waals surface area contributed by atoms with Crippen LogP contribution in [0.25, 0.3) is 0 Å². The molecule has 1 aromatic carbocycles. The van der Waals surface area contributed by atoms with Crippen LogP contribution in [-0.4, -0.2) is 35.9 Å². The van der Waals surface area contributed by atoms with Crippen LogP contribution in [0.3, 0.4) is 0 Å². The molecule has 0 aliphatic carbocycles. The second-order valence-corrected chi connectivity index (χ2v) is 7.97. The Bertz CT molecular complexity index is 944. The van der Waals surface area contributed by atoms with Gasteiger partial charge in [-0.1, -0.05) is 0 Å². The van der Waals surface area contributed by atoms with E-state index in [1.807, 2.05) is 0 Å². The molecule has 0 unspecified atom stereocenters. The lowest BCUT2D eigenvalue weighted by molar-refractivity contribution is -0.112. The molecule has 2 rings (SSSR count). The molecule has 0 fully saturated rings. The van der Waals surface area contributed by atoms with Crippen LogP contribution in [0.5, 0.6) is 0 Å². The van der Waals surface area contributed by atoms with E-state index in [-0.39, 0.29) is 16.5 Å². The summed E-state index contributed by atoms with van der Waals surface area (Å²) in [5, 5.41) is 6.61. The van der Waals surface area contributed by atoms with E-state index in [1.54, 1.807) is 34.7 Å². The van der Waals surface area contributed by atoms with Gasteiger partial charge in [0.25, 0.3) is 11.7 Å². The molecule has 0 aliphatic rings. The number of aryl methyl sites for hydroxylation is 2. The minimum Gasteiger partial charge on any atom is -0.319 e. The van der Waals surface area contributed by atoms with Crippen molar-refractivity contribution in [3.05, 3.63) is 41.2 Å². The van der Waals surface area contributed by atoms with Gasteiger partial charge in [0.1, 0.15) is 0 Å². The first kappa shape index (κ1) is 19.8. The van der Waals surface area contributed by atoms with Gasteiger partial charge in [-0.3, -0.25) is 14.3 Å². The number of hydrogen-bond donors (Lipinski definition) is 2. The van der Waals surface area contributed by atoms with Crippen molar-refractivity contribution in [2.45, 2.75) is 38.6 Å². The lowest BCUT2D eigenvalue weighted by atomic mass is 10.1. The number of nitrogens with zero attached hydrogens (tertiary/aromatic N) is 2. The molecule has 0 saturated carbocycles. The van der Waals surface area contributed by atoms with Gasteiger partial charge in [0.2, 0.25) is 10.0 Å². The Balaban J connectivity index is 2.16. The Labute approximate surface area is 152 Å². The topological polar surface area (TPSA) is 110 Å². The average molecular weight is 378 g/mol. The van der Waals surface area contributed by atoms with Crippen molar-refractivity contribution in [1.29, 1.82) is 0 Å². The summed E-state index contributed by atoms with van der Waals surface area (Å²) in [6.45, 7) is 6.82. The number of rotatable bonds is 6. The van der Waals surface area contributed by atoms with Gasteiger partial charge in [-0.25, -0.2) is 13.1 Å². The van der Waals surface area contributed by atoms with Gasteiger partial charge in [0.05, 0.1) is 16.2 Å². The normalized spacial score (nSPS) is 11.6. The zero-order chi connectivity index (χ0) is 19.6. The highest BCUT2D eigenvalue weighted by molar-refractivity contribution is 7.89. The van der Waals surface area contributed by atoms with Gasteiger partial charge >= 0.3 is 0 Å². The first-order valence-electron chi connectivity index (χ1n) is 8.01. The largest absolute Gasteiger partial charge is 0.319 e. The second kappa shape index (κ2) is 7.38. The molecule has 140 valence electrons. The van der Waals surface area contributed by atoms with Crippen LogP contribution in [0, 0.1) is 13.8 Å². The number of anilines is 1. The highest BCUT2D eigenvalue weighted by Gasteiger charge is 2.24. The zero-order valence-electron chi connectivity index (χ0n) is 15.3. The van der Waals surface area contributed by atoms with E-state index < -0.39 is 21.7 Å². The monoisotopic (exact) mass is 378 g/mol. The van der Waals surface area contributed by atoms with E-state index in [2.05, 4.69) is 15.1 Å². The van der Waals surface area contributed by atoms with Crippen LogP contribution < -0.4 is 10.0 Å². The Kier molecular flexibility index (Phi) is 5.62. The molecule has 0 radical (unpaired) electrons. The first-order chi connectivity index (χ1) is 12.0.